The Morgan fingerprint density at radius 1 is 0.794 bits per heavy atom. The predicted molar refractivity (Wildman–Crippen MR) is 142 cm³/mol. The molecule has 176 valence electrons. The van der Waals surface area contributed by atoms with E-state index in [4.69, 9.17) is 0 Å². The Bertz CT molecular complexity index is 1180. The highest BCUT2D eigenvalue weighted by Crippen LogP contribution is 2.40. The molecule has 0 saturated carbocycles. The van der Waals surface area contributed by atoms with Gasteiger partial charge in [0.05, 0.1) is 0 Å². The number of hydrogen-bond acceptors (Lipinski definition) is 2. The van der Waals surface area contributed by atoms with E-state index in [1.54, 1.807) is 0 Å². The van der Waals surface area contributed by atoms with Crippen molar-refractivity contribution in [3.63, 3.8) is 0 Å². The average molecular weight is 454 g/mol. The van der Waals surface area contributed by atoms with Crippen LogP contribution in [0.4, 0.5) is 0 Å². The molecule has 0 unspecified atom stereocenters. The highest BCUT2D eigenvalue weighted by atomic mass is 16.2. The van der Waals surface area contributed by atoms with Gasteiger partial charge in [-0.2, -0.15) is 0 Å². The molecule has 0 fully saturated rings. The lowest BCUT2D eigenvalue weighted by atomic mass is 9.83. The minimum absolute atomic E-state index is 0.0394. The minimum atomic E-state index is -0.0394. The quantitative estimate of drug-likeness (QED) is 0.317. The van der Waals surface area contributed by atoms with Crippen LogP contribution in [0.1, 0.15) is 46.9 Å². The van der Waals surface area contributed by atoms with Gasteiger partial charge >= 0.3 is 0 Å². The molecule has 0 atom stereocenters. The van der Waals surface area contributed by atoms with Gasteiger partial charge in [0, 0.05) is 48.6 Å². The second-order valence-electron chi connectivity index (χ2n) is 8.97. The van der Waals surface area contributed by atoms with Gasteiger partial charge in [0.1, 0.15) is 5.69 Å². The summed E-state index contributed by atoms with van der Waals surface area (Å²) in [4.78, 5) is 18.2. The van der Waals surface area contributed by atoms with Crippen molar-refractivity contribution in [1.29, 1.82) is 0 Å². The first kappa shape index (κ1) is 23.8. The standard InChI is InChI=1S/C30H35N3O/c1-5-32(6-2)30(34)29-28(25-19-13-14-20-26(25)33(29)22-21-31(3)4)27(23-15-9-7-10-16-23)24-17-11-8-12-18-24/h7-20,27H,5-6,21-22H2,1-4H3. The maximum Gasteiger partial charge on any atom is 0.270 e. The molecule has 34 heavy (non-hydrogen) atoms. The van der Waals surface area contributed by atoms with Crippen LogP contribution in [0.25, 0.3) is 10.9 Å². The van der Waals surface area contributed by atoms with Gasteiger partial charge in [-0.25, -0.2) is 0 Å². The number of nitrogens with zero attached hydrogens (tertiary/aromatic N) is 3. The number of rotatable bonds is 9. The molecule has 4 rings (SSSR count). The van der Waals surface area contributed by atoms with Crippen molar-refractivity contribution in [3.8, 4) is 0 Å². The first-order valence-corrected chi connectivity index (χ1v) is 12.2. The van der Waals surface area contributed by atoms with Gasteiger partial charge in [-0.05, 0) is 45.1 Å². The summed E-state index contributed by atoms with van der Waals surface area (Å²) in [5, 5.41) is 1.15. The van der Waals surface area contributed by atoms with Crippen molar-refractivity contribution in [1.82, 2.24) is 14.4 Å². The van der Waals surface area contributed by atoms with Crippen LogP contribution < -0.4 is 0 Å². The number of carbonyl (C=O) groups is 1. The molecule has 4 aromatic rings. The van der Waals surface area contributed by atoms with E-state index in [2.05, 4.69) is 110 Å². The highest BCUT2D eigenvalue weighted by Gasteiger charge is 2.31. The van der Waals surface area contributed by atoms with E-state index in [-0.39, 0.29) is 11.8 Å². The molecule has 4 nitrogen and oxygen atoms in total. The molecule has 0 aliphatic rings. The van der Waals surface area contributed by atoms with Gasteiger partial charge < -0.3 is 14.4 Å². The van der Waals surface area contributed by atoms with Gasteiger partial charge in [0.2, 0.25) is 0 Å². The summed E-state index contributed by atoms with van der Waals surface area (Å²) in [7, 11) is 4.16. The average Bonchev–Trinajstić information content (AvgIpc) is 3.19. The third-order valence-corrected chi connectivity index (χ3v) is 6.59. The van der Waals surface area contributed by atoms with E-state index in [1.165, 1.54) is 11.1 Å². The van der Waals surface area contributed by atoms with E-state index >= 15 is 0 Å². The maximum atomic E-state index is 14.1. The largest absolute Gasteiger partial charge is 0.338 e. The Balaban J connectivity index is 2.07. The molecule has 0 radical (unpaired) electrons. The Kier molecular flexibility index (Phi) is 7.49. The Morgan fingerprint density at radius 3 is 1.85 bits per heavy atom. The maximum absolute atomic E-state index is 14.1. The van der Waals surface area contributed by atoms with Gasteiger partial charge in [-0.3, -0.25) is 4.79 Å². The third kappa shape index (κ3) is 4.64. The molecule has 1 heterocycles. The number of hydrogen-bond donors (Lipinski definition) is 0. The van der Waals surface area contributed by atoms with Crippen molar-refractivity contribution in [2.45, 2.75) is 26.3 Å². The van der Waals surface area contributed by atoms with Crippen LogP contribution in [0.2, 0.25) is 0 Å². The zero-order valence-electron chi connectivity index (χ0n) is 20.7. The molecule has 4 heteroatoms. The molecule has 0 saturated heterocycles. The van der Waals surface area contributed by atoms with Crippen LogP contribution in [0.5, 0.6) is 0 Å². The van der Waals surface area contributed by atoms with Crippen molar-refractivity contribution in [3.05, 3.63) is 107 Å². The van der Waals surface area contributed by atoms with E-state index in [9.17, 15) is 4.79 Å². The second kappa shape index (κ2) is 10.7. The van der Waals surface area contributed by atoms with Crippen molar-refractivity contribution in [2.24, 2.45) is 0 Å². The molecule has 0 bridgehead atoms. The lowest BCUT2D eigenvalue weighted by Crippen LogP contribution is -2.34. The zero-order chi connectivity index (χ0) is 24.1. The number of aromatic nitrogens is 1. The number of fused-ring (bicyclic) bond motifs is 1. The molecular weight excluding hydrogens is 418 g/mol. The molecule has 0 N–H and O–H groups in total. The summed E-state index contributed by atoms with van der Waals surface area (Å²) in [6.07, 6.45) is 0. The highest BCUT2D eigenvalue weighted by molar-refractivity contribution is 6.03. The van der Waals surface area contributed by atoms with Gasteiger partial charge in [0.15, 0.2) is 0 Å². The molecular formula is C30H35N3O. The summed E-state index contributed by atoms with van der Waals surface area (Å²) in [5.74, 6) is 0.0641. The molecule has 1 aromatic heterocycles. The fourth-order valence-corrected chi connectivity index (χ4v) is 4.86. The van der Waals surface area contributed by atoms with Crippen molar-refractivity contribution < 1.29 is 4.79 Å². The summed E-state index contributed by atoms with van der Waals surface area (Å²) in [6, 6.07) is 29.6. The zero-order valence-corrected chi connectivity index (χ0v) is 20.7. The summed E-state index contributed by atoms with van der Waals surface area (Å²) < 4.78 is 2.25. The normalized spacial score (nSPS) is 11.5. The SMILES string of the molecule is CCN(CC)C(=O)c1c(C(c2ccccc2)c2ccccc2)c2ccccc2n1CCN(C)C. The van der Waals surface area contributed by atoms with E-state index in [0.717, 1.165) is 35.2 Å². The van der Waals surface area contributed by atoms with Crippen molar-refractivity contribution in [2.75, 3.05) is 33.7 Å². The Morgan fingerprint density at radius 2 is 1.32 bits per heavy atom. The first-order chi connectivity index (χ1) is 16.6. The lowest BCUT2D eigenvalue weighted by molar-refractivity contribution is 0.0760. The Hall–Kier alpha value is -3.37. The summed E-state index contributed by atoms with van der Waals surface area (Å²) in [6.45, 7) is 7.10. The number of carbonyl (C=O) groups excluding carboxylic acids is 1. The van der Waals surface area contributed by atoms with E-state index < -0.39 is 0 Å². The van der Waals surface area contributed by atoms with Crippen LogP contribution in [-0.4, -0.2) is 54.0 Å². The van der Waals surface area contributed by atoms with Crippen LogP contribution >= 0.6 is 0 Å². The molecule has 3 aromatic carbocycles. The van der Waals surface area contributed by atoms with E-state index in [0.29, 0.717) is 13.1 Å². The topological polar surface area (TPSA) is 28.5 Å². The molecule has 1 amide bonds. The molecule has 0 spiro atoms. The monoisotopic (exact) mass is 453 g/mol. The number of amides is 1. The number of para-hydroxylation sites is 1. The predicted octanol–water partition coefficient (Wildman–Crippen LogP) is 5.87. The minimum Gasteiger partial charge on any atom is -0.338 e. The third-order valence-electron chi connectivity index (χ3n) is 6.59. The fourth-order valence-electron chi connectivity index (χ4n) is 4.86. The molecule has 0 aliphatic carbocycles. The lowest BCUT2D eigenvalue weighted by Gasteiger charge is -2.25. The van der Waals surface area contributed by atoms with Gasteiger partial charge in [-0.1, -0.05) is 78.9 Å². The van der Waals surface area contributed by atoms with E-state index in [1.807, 2.05) is 17.0 Å². The summed E-state index contributed by atoms with van der Waals surface area (Å²) >= 11 is 0. The fraction of sp³-hybridized carbons (Fsp3) is 0.300. The summed E-state index contributed by atoms with van der Waals surface area (Å²) in [5.41, 5.74) is 5.41. The molecule has 0 aliphatic heterocycles. The smallest absolute Gasteiger partial charge is 0.270 e. The van der Waals surface area contributed by atoms with Crippen LogP contribution in [0, 0.1) is 0 Å². The second-order valence-corrected chi connectivity index (χ2v) is 8.97. The van der Waals surface area contributed by atoms with Crippen LogP contribution in [0.3, 0.4) is 0 Å². The van der Waals surface area contributed by atoms with Crippen molar-refractivity contribution >= 4 is 16.8 Å². The number of benzene rings is 3. The van der Waals surface area contributed by atoms with Crippen LogP contribution in [-0.2, 0) is 6.54 Å². The van der Waals surface area contributed by atoms with Gasteiger partial charge in [0.25, 0.3) is 5.91 Å². The van der Waals surface area contributed by atoms with Gasteiger partial charge in [-0.15, -0.1) is 0 Å². The van der Waals surface area contributed by atoms with Crippen LogP contribution in [0.15, 0.2) is 84.9 Å². The number of likely N-dealkylation sites (N-methyl/N-ethyl adjacent to an activating group) is 1. The first-order valence-electron chi connectivity index (χ1n) is 12.2. The Labute approximate surface area is 203 Å².